The molecule has 4 aromatic rings. The van der Waals surface area contributed by atoms with Crippen LogP contribution >= 0.6 is 0 Å². The van der Waals surface area contributed by atoms with Gasteiger partial charge in [0, 0.05) is 47.2 Å². The normalized spacial score (nSPS) is 21.4. The Morgan fingerprint density at radius 3 is 2.97 bits per heavy atom. The van der Waals surface area contributed by atoms with Gasteiger partial charge in [-0.1, -0.05) is 13.3 Å². The van der Waals surface area contributed by atoms with Crippen molar-refractivity contribution in [1.29, 1.82) is 0 Å². The molecule has 2 fully saturated rings. The standard InChI is InChI=1S/C24H27N9O2/c1-3-14-10-16(14)24(34)27-19-11-17-18(12-26-23(25-2)21(17)30-29-19)22-28-20-5-4-15(13-33(20)31-22)32-6-8-35-9-7-32/h4-5,11-14,16H,3,6-10H2,1-2H3,(H,25,26)(H,27,29,34)/t14-,16+/m1/s1/i2D3. The molecule has 1 amide bonds. The largest absolute Gasteiger partial charge is 0.378 e. The molecule has 180 valence electrons. The van der Waals surface area contributed by atoms with Crippen molar-refractivity contribution >= 4 is 39.8 Å². The maximum Gasteiger partial charge on any atom is 0.228 e. The number of nitrogens with zero attached hydrogens (tertiary/aromatic N) is 7. The molecule has 1 aliphatic carbocycles. The molecule has 6 rings (SSSR count). The number of anilines is 3. The molecular weight excluding hydrogens is 446 g/mol. The molecule has 0 bridgehead atoms. The summed E-state index contributed by atoms with van der Waals surface area (Å²) in [6.07, 6.45) is 5.24. The molecule has 4 aromatic heterocycles. The van der Waals surface area contributed by atoms with Crippen LogP contribution in [0, 0.1) is 11.8 Å². The van der Waals surface area contributed by atoms with Crippen LogP contribution in [0.5, 0.6) is 0 Å². The lowest BCUT2D eigenvalue weighted by molar-refractivity contribution is -0.117. The van der Waals surface area contributed by atoms with Crippen molar-refractivity contribution in [2.24, 2.45) is 11.8 Å². The first-order chi connectivity index (χ1) is 18.3. The Morgan fingerprint density at radius 1 is 1.29 bits per heavy atom. The van der Waals surface area contributed by atoms with E-state index in [1.807, 2.05) is 18.3 Å². The molecule has 2 atom stereocenters. The molecule has 1 aliphatic heterocycles. The molecule has 0 unspecified atom stereocenters. The zero-order valence-corrected chi connectivity index (χ0v) is 19.2. The van der Waals surface area contributed by atoms with Gasteiger partial charge in [-0.2, -0.15) is 0 Å². The molecule has 2 aliphatic rings. The van der Waals surface area contributed by atoms with E-state index in [1.54, 1.807) is 10.6 Å². The Hall–Kier alpha value is -3.86. The number of hydrogen-bond donors (Lipinski definition) is 2. The molecule has 0 radical (unpaired) electrons. The SMILES string of the molecule is [2H]C([2H])([2H])Nc1ncc(-c2nc3ccc(N4CCOCC4)cn3n2)c2cc(NC(=O)[C@H]3C[C@H]3CC)nnc12. The highest BCUT2D eigenvalue weighted by molar-refractivity contribution is 6.01. The Bertz CT molecular complexity index is 1520. The summed E-state index contributed by atoms with van der Waals surface area (Å²) in [4.78, 5) is 23.9. The Morgan fingerprint density at radius 2 is 2.17 bits per heavy atom. The lowest BCUT2D eigenvalue weighted by Gasteiger charge is -2.28. The van der Waals surface area contributed by atoms with E-state index in [1.165, 1.54) is 6.20 Å². The quantitative estimate of drug-likeness (QED) is 0.432. The number of hydrogen-bond acceptors (Lipinski definition) is 9. The third-order valence-corrected chi connectivity index (χ3v) is 6.72. The number of amides is 1. The fraction of sp³-hybridized carbons (Fsp3) is 0.417. The number of fused-ring (bicyclic) bond motifs is 2. The van der Waals surface area contributed by atoms with Crippen LogP contribution in [-0.2, 0) is 9.53 Å². The lowest BCUT2D eigenvalue weighted by atomic mass is 10.1. The third kappa shape index (κ3) is 4.01. The van der Waals surface area contributed by atoms with Crippen molar-refractivity contribution in [1.82, 2.24) is 29.8 Å². The Labute approximate surface area is 206 Å². The van der Waals surface area contributed by atoms with Gasteiger partial charge in [0.25, 0.3) is 0 Å². The molecule has 0 aromatic carbocycles. The second-order valence-electron chi connectivity index (χ2n) is 8.86. The number of pyridine rings is 2. The molecule has 1 saturated carbocycles. The molecule has 35 heavy (non-hydrogen) atoms. The maximum absolute atomic E-state index is 12.7. The summed E-state index contributed by atoms with van der Waals surface area (Å²) in [5.74, 6) is 0.991. The van der Waals surface area contributed by atoms with E-state index >= 15 is 0 Å². The van der Waals surface area contributed by atoms with E-state index < -0.39 is 6.98 Å². The van der Waals surface area contributed by atoms with Crippen molar-refractivity contribution in [3.63, 3.8) is 0 Å². The minimum Gasteiger partial charge on any atom is -0.378 e. The summed E-state index contributed by atoms with van der Waals surface area (Å²) in [7, 11) is 0. The number of rotatable bonds is 6. The molecular formula is C24H27N9O2. The minimum atomic E-state index is -2.48. The van der Waals surface area contributed by atoms with Gasteiger partial charge < -0.3 is 20.3 Å². The highest BCUT2D eigenvalue weighted by Gasteiger charge is 2.41. The van der Waals surface area contributed by atoms with E-state index in [-0.39, 0.29) is 29.0 Å². The topological polar surface area (TPSA) is 122 Å². The van der Waals surface area contributed by atoms with Crippen LogP contribution in [0.4, 0.5) is 17.3 Å². The van der Waals surface area contributed by atoms with Crippen LogP contribution in [0.25, 0.3) is 27.9 Å². The first kappa shape index (κ1) is 18.5. The van der Waals surface area contributed by atoms with Crippen LogP contribution in [0.15, 0.2) is 30.6 Å². The zero-order chi connectivity index (χ0) is 26.4. The van der Waals surface area contributed by atoms with Gasteiger partial charge in [0.2, 0.25) is 5.91 Å². The van der Waals surface area contributed by atoms with Gasteiger partial charge in [-0.05, 0) is 30.5 Å². The maximum atomic E-state index is 12.7. The Kier molecular flexibility index (Phi) is 4.61. The van der Waals surface area contributed by atoms with E-state index in [9.17, 15) is 4.79 Å². The molecule has 1 saturated heterocycles. The third-order valence-electron chi connectivity index (χ3n) is 6.72. The zero-order valence-electron chi connectivity index (χ0n) is 22.2. The number of carbonyl (C=O) groups is 1. The van der Waals surface area contributed by atoms with E-state index in [4.69, 9.17) is 8.85 Å². The summed E-state index contributed by atoms with van der Waals surface area (Å²) in [6.45, 7) is 2.54. The van der Waals surface area contributed by atoms with Crippen molar-refractivity contribution in [3.8, 4) is 11.4 Å². The number of carbonyl (C=O) groups excluding carboxylic acids is 1. The van der Waals surface area contributed by atoms with Crippen LogP contribution in [-0.4, -0.2) is 69.0 Å². The van der Waals surface area contributed by atoms with Gasteiger partial charge in [-0.3, -0.25) is 4.79 Å². The molecule has 11 heteroatoms. The summed E-state index contributed by atoms with van der Waals surface area (Å²) in [5.41, 5.74) is 2.43. The minimum absolute atomic E-state index is 0.0250. The summed E-state index contributed by atoms with van der Waals surface area (Å²) < 4.78 is 30.0. The first-order valence-electron chi connectivity index (χ1n) is 13.2. The van der Waals surface area contributed by atoms with E-state index in [0.29, 0.717) is 41.6 Å². The van der Waals surface area contributed by atoms with Gasteiger partial charge in [0.1, 0.15) is 5.52 Å². The van der Waals surface area contributed by atoms with Crippen molar-refractivity contribution in [2.75, 3.05) is 48.8 Å². The van der Waals surface area contributed by atoms with E-state index in [0.717, 1.165) is 31.6 Å². The van der Waals surface area contributed by atoms with Gasteiger partial charge in [0.05, 0.1) is 25.1 Å². The molecule has 5 heterocycles. The van der Waals surface area contributed by atoms with Gasteiger partial charge in [-0.25, -0.2) is 14.5 Å². The van der Waals surface area contributed by atoms with E-state index in [2.05, 4.69) is 47.7 Å². The van der Waals surface area contributed by atoms with Crippen LogP contribution < -0.4 is 15.5 Å². The van der Waals surface area contributed by atoms with Gasteiger partial charge in [-0.15, -0.1) is 15.3 Å². The predicted molar refractivity (Wildman–Crippen MR) is 132 cm³/mol. The first-order valence-corrected chi connectivity index (χ1v) is 11.7. The van der Waals surface area contributed by atoms with Gasteiger partial charge in [0.15, 0.2) is 23.1 Å². The fourth-order valence-electron chi connectivity index (χ4n) is 4.60. The van der Waals surface area contributed by atoms with Crippen LogP contribution in [0.2, 0.25) is 0 Å². The molecule has 0 spiro atoms. The fourth-order valence-corrected chi connectivity index (χ4v) is 4.60. The summed E-state index contributed by atoms with van der Waals surface area (Å²) in [6, 6.07) is 5.56. The Balaban J connectivity index is 1.40. The number of ether oxygens (including phenoxy) is 1. The van der Waals surface area contributed by atoms with Gasteiger partial charge >= 0.3 is 0 Å². The van der Waals surface area contributed by atoms with Crippen LogP contribution in [0.1, 0.15) is 23.9 Å². The lowest BCUT2D eigenvalue weighted by Crippen LogP contribution is -2.36. The number of aromatic nitrogens is 6. The summed E-state index contributed by atoms with van der Waals surface area (Å²) in [5, 5.41) is 18.8. The average molecular weight is 477 g/mol. The monoisotopic (exact) mass is 476 g/mol. The highest BCUT2D eigenvalue weighted by atomic mass is 16.5. The second kappa shape index (κ2) is 8.73. The van der Waals surface area contributed by atoms with Crippen LogP contribution in [0.3, 0.4) is 0 Å². The number of morpholine rings is 1. The summed E-state index contributed by atoms with van der Waals surface area (Å²) >= 11 is 0. The predicted octanol–water partition coefficient (Wildman–Crippen LogP) is 2.60. The average Bonchev–Trinajstić information content (AvgIpc) is 3.58. The smallest absolute Gasteiger partial charge is 0.228 e. The van der Waals surface area contributed by atoms with Crippen molar-refractivity contribution < 1.29 is 13.6 Å². The second-order valence-corrected chi connectivity index (χ2v) is 8.86. The molecule has 2 N–H and O–H groups in total. The highest BCUT2D eigenvalue weighted by Crippen LogP contribution is 2.41. The molecule has 11 nitrogen and oxygen atoms in total. The number of nitrogens with one attached hydrogen (secondary N) is 2. The van der Waals surface area contributed by atoms with Crippen molar-refractivity contribution in [2.45, 2.75) is 19.8 Å². The van der Waals surface area contributed by atoms with Crippen molar-refractivity contribution in [3.05, 3.63) is 30.6 Å².